The number of hydrogen-bond donors (Lipinski definition) is 12. The average Bonchev–Trinajstić information content (AvgIpc) is 1.65. The second-order valence-corrected chi connectivity index (χ2v) is 33.2. The number of unbranched alkanes of at least 4 members (excludes halogenated alkanes) is 3. The zero-order chi connectivity index (χ0) is 72.9. The minimum atomic E-state index is -4.17. The maximum absolute atomic E-state index is 13.4. The van der Waals surface area contributed by atoms with Gasteiger partial charge >= 0.3 is 7.60 Å². The van der Waals surface area contributed by atoms with Gasteiger partial charge in [-0.1, -0.05) is 210 Å². The number of hydrogen-bond acceptors (Lipinski definition) is 14. The summed E-state index contributed by atoms with van der Waals surface area (Å²) in [6, 6.07) is 5.94. The average molecular weight is 1410 g/mol. The number of nitrogens with zero attached hydrogens (tertiary/aromatic N) is 4. The Morgan fingerprint density at radius 2 is 1.01 bits per heavy atom. The number of carbonyl (C=O) groups excluding carboxylic acids is 3. The van der Waals surface area contributed by atoms with Crippen LogP contribution in [0, 0.1) is 47.3 Å². The summed E-state index contributed by atoms with van der Waals surface area (Å²) in [5.41, 5.74) is 15.2. The van der Waals surface area contributed by atoms with Gasteiger partial charge in [0.25, 0.3) is 11.9 Å². The number of nitrogens with two attached hydrogens (primary N) is 2. The summed E-state index contributed by atoms with van der Waals surface area (Å²) in [6.45, 7) is 31.6. The van der Waals surface area contributed by atoms with E-state index in [1.807, 2.05) is 0 Å². The first kappa shape index (κ1) is 88.8. The van der Waals surface area contributed by atoms with Crippen LogP contribution in [-0.4, -0.2) is 129 Å². The second-order valence-electron chi connectivity index (χ2n) is 31.4. The first-order valence-electron chi connectivity index (χ1n) is 39.6. The van der Waals surface area contributed by atoms with Crippen molar-refractivity contribution in [2.75, 3.05) is 76.1 Å². The zero-order valence-electron chi connectivity index (χ0n) is 64.3. The van der Waals surface area contributed by atoms with Crippen LogP contribution in [0.25, 0.3) is 11.2 Å². The molecular weight excluding hydrogens is 1260 g/mol. The molecule has 0 radical (unpaired) electrons. The van der Waals surface area contributed by atoms with Crippen molar-refractivity contribution < 1.29 is 33.8 Å². The van der Waals surface area contributed by atoms with Gasteiger partial charge in [-0.05, 0) is 181 Å². The van der Waals surface area contributed by atoms with Gasteiger partial charge in [0, 0.05) is 30.7 Å². The van der Waals surface area contributed by atoms with Crippen LogP contribution in [0.15, 0.2) is 24.3 Å². The number of rotatable bonds is 62. The highest BCUT2D eigenvalue weighted by molar-refractivity contribution is 7.51. The normalized spacial score (nSPS) is 14.8. The van der Waals surface area contributed by atoms with Crippen molar-refractivity contribution >= 4 is 48.2 Å². The Morgan fingerprint density at radius 3 is 1.53 bits per heavy atom. The molecule has 6 unspecified atom stereocenters. The second kappa shape index (κ2) is 51.7. The molecule has 0 spiro atoms. The van der Waals surface area contributed by atoms with E-state index in [-0.39, 0.29) is 66.9 Å². The predicted octanol–water partition coefficient (Wildman–Crippen LogP) is 15.2. The van der Waals surface area contributed by atoms with Crippen molar-refractivity contribution in [1.29, 1.82) is 0 Å². The smallest absolute Gasteiger partial charge is 0.325 e. The van der Waals surface area contributed by atoms with Gasteiger partial charge in [0.1, 0.15) is 0 Å². The number of carbonyl (C=O) groups is 3. The van der Waals surface area contributed by atoms with Crippen molar-refractivity contribution in [2.45, 2.75) is 300 Å². The van der Waals surface area contributed by atoms with Gasteiger partial charge in [-0.2, -0.15) is 15.0 Å². The van der Waals surface area contributed by atoms with Crippen LogP contribution >= 0.6 is 7.60 Å². The molecule has 7 atom stereocenters. The van der Waals surface area contributed by atoms with E-state index in [2.05, 4.69) is 128 Å². The highest BCUT2D eigenvalue weighted by Gasteiger charge is 2.27. The third-order valence-electron chi connectivity index (χ3n) is 20.3. The lowest BCUT2D eigenvalue weighted by Gasteiger charge is -2.32. The van der Waals surface area contributed by atoms with Crippen molar-refractivity contribution in [2.24, 2.45) is 53.1 Å². The third kappa shape index (κ3) is 42.7. The molecule has 0 saturated heterocycles. The van der Waals surface area contributed by atoms with Gasteiger partial charge in [0.05, 0.1) is 25.3 Å². The highest BCUT2D eigenvalue weighted by atomic mass is 31.2. The summed E-state index contributed by atoms with van der Waals surface area (Å²) in [5.74, 6) is 5.92. The summed E-state index contributed by atoms with van der Waals surface area (Å²) in [7, 11) is -4.17. The Balaban J connectivity index is 1.36. The lowest BCUT2D eigenvalue weighted by atomic mass is 9.80. The standard InChI is InChI=1S/C78H146N13O7P/c1-12-13-51-86-76-89-72(79)71-73(90-76)91(77(95)88-71)58-67-39-41-68(42-40-67)74(93)87-57-70(92)84-52-15-14-38-69(83-54-25-56-99(96,97)98)75(94)85-53-24-50-81-48-16-17-49-82-55-47-78(80,45-43-65(10)36-22-34-63(8)32-20-30-61(6)28-18-26-59(2)3)46-44-66(11)37-23-35-64(9)33-21-31-62(7)29-19-27-60(4)5/h39-42,59-66,69,81-83H,12-38,43-58,80H2,1-11H3,(H,84,92)(H,85,94)(H,87,93)(H,88,95)(H2,96,97,98)(H3,79,86,89,90)/t61?,62?,63?,64?,65?,66?,69-,78?/m0/s1. The van der Waals surface area contributed by atoms with Gasteiger partial charge in [-0.3, -0.25) is 23.5 Å². The molecular formula is C78H146N13O7P. The van der Waals surface area contributed by atoms with E-state index in [1.165, 1.54) is 133 Å². The van der Waals surface area contributed by atoms with Gasteiger partial charge < -0.3 is 63.6 Å². The van der Waals surface area contributed by atoms with Crippen LogP contribution in [0.1, 0.15) is 298 Å². The monoisotopic (exact) mass is 1410 g/mol. The van der Waals surface area contributed by atoms with E-state index in [1.54, 1.807) is 24.3 Å². The quantitative estimate of drug-likeness (QED) is 0.0185. The third-order valence-corrected chi connectivity index (χ3v) is 21.2. The van der Waals surface area contributed by atoms with Crippen LogP contribution in [0.5, 0.6) is 6.01 Å². The first-order valence-corrected chi connectivity index (χ1v) is 41.4. The van der Waals surface area contributed by atoms with Crippen LogP contribution in [0.2, 0.25) is 0 Å². The van der Waals surface area contributed by atoms with E-state index in [9.17, 15) is 33.8 Å². The molecule has 99 heavy (non-hydrogen) atoms. The van der Waals surface area contributed by atoms with E-state index in [0.717, 1.165) is 119 Å². The Bertz CT molecular complexity index is 2610. The van der Waals surface area contributed by atoms with Crippen molar-refractivity contribution in [3.63, 3.8) is 0 Å². The molecule has 1 aromatic carbocycles. The number of aromatic nitrogens is 4. The van der Waals surface area contributed by atoms with Gasteiger partial charge in [-0.15, -0.1) is 0 Å². The molecule has 0 fully saturated rings. The first-order chi connectivity index (χ1) is 47.3. The van der Waals surface area contributed by atoms with Gasteiger partial charge in [-0.25, -0.2) is 0 Å². The molecule has 3 amide bonds. The zero-order valence-corrected chi connectivity index (χ0v) is 65.2. The topological polar surface area (TPSA) is 309 Å². The van der Waals surface area contributed by atoms with Crippen molar-refractivity contribution in [3.8, 4) is 6.01 Å². The molecule has 0 saturated carbocycles. The summed E-state index contributed by atoms with van der Waals surface area (Å²) in [4.78, 5) is 70.9. The molecule has 570 valence electrons. The Morgan fingerprint density at radius 1 is 0.525 bits per heavy atom. The molecule has 3 rings (SSSR count). The molecule has 14 N–H and O–H groups in total. The number of nitrogen functional groups attached to an aromatic ring is 1. The van der Waals surface area contributed by atoms with Gasteiger partial charge in [0.15, 0.2) is 17.0 Å². The number of imidazole rings is 1. The minimum Gasteiger partial charge on any atom is -0.480 e. The molecule has 0 aliphatic rings. The fourth-order valence-corrected chi connectivity index (χ4v) is 14.0. The number of anilines is 2. The lowest BCUT2D eigenvalue weighted by molar-refractivity contribution is -0.123. The fraction of sp³-hybridized carbons (Fsp3) is 0.821. The number of benzene rings is 1. The maximum Gasteiger partial charge on any atom is 0.325 e. The fourth-order valence-electron chi connectivity index (χ4n) is 13.4. The number of aromatic hydroxyl groups is 1. The molecule has 0 aliphatic carbocycles. The van der Waals surface area contributed by atoms with Crippen LogP contribution in [0.4, 0.5) is 11.8 Å². The summed E-state index contributed by atoms with van der Waals surface area (Å²) in [5, 5.41) is 32.8. The lowest BCUT2D eigenvalue weighted by Crippen LogP contribution is -2.45. The summed E-state index contributed by atoms with van der Waals surface area (Å²) in [6.07, 6.45) is 36.5. The molecule has 0 bridgehead atoms. The predicted molar refractivity (Wildman–Crippen MR) is 413 cm³/mol. The van der Waals surface area contributed by atoms with E-state index in [0.29, 0.717) is 67.9 Å². The summed E-state index contributed by atoms with van der Waals surface area (Å²) >= 11 is 0. The molecule has 2 heterocycles. The van der Waals surface area contributed by atoms with Crippen molar-refractivity contribution in [3.05, 3.63) is 35.4 Å². The maximum atomic E-state index is 13.4. The molecule has 21 heteroatoms. The Kier molecular flexibility index (Phi) is 46.3. The van der Waals surface area contributed by atoms with E-state index < -0.39 is 19.5 Å². The number of fused-ring (bicyclic) bond motifs is 1. The van der Waals surface area contributed by atoms with Gasteiger partial charge in [0.2, 0.25) is 17.8 Å². The molecule has 0 aliphatic heterocycles. The highest BCUT2D eigenvalue weighted by Crippen LogP contribution is 2.35. The number of nitrogens with one attached hydrogen (secondary N) is 7. The Labute approximate surface area is 601 Å². The van der Waals surface area contributed by atoms with E-state index in [4.69, 9.17) is 11.5 Å². The largest absolute Gasteiger partial charge is 0.480 e. The molecule has 2 aromatic heterocycles. The van der Waals surface area contributed by atoms with Crippen LogP contribution in [-0.2, 0) is 20.7 Å². The Hall–Kier alpha value is -4.43. The van der Waals surface area contributed by atoms with E-state index >= 15 is 0 Å². The van der Waals surface area contributed by atoms with Crippen molar-refractivity contribution in [1.82, 2.24) is 51.4 Å². The molecule has 20 nitrogen and oxygen atoms in total. The summed E-state index contributed by atoms with van der Waals surface area (Å²) < 4.78 is 13.0. The van der Waals surface area contributed by atoms with Crippen LogP contribution in [0.3, 0.4) is 0 Å². The SMILES string of the molecule is CCCCNc1nc(N)c2nc(O)n(Cc3ccc(C(=O)NCC(=O)NCCCC[C@H](NCCCP(=O)(O)O)C(=O)NCCCNCCCCNCCC(N)(CCC(C)CCCC(C)CCCC(C)CCCC(C)C)CCC(C)CCCC(C)CCCC(C)CCCC(C)C)cc3)c2n1. The molecule has 3 aromatic rings. The van der Waals surface area contributed by atoms with Crippen LogP contribution < -0.4 is 48.7 Å². The number of amides is 3. The minimum absolute atomic E-state index is 0.145.